The van der Waals surface area contributed by atoms with E-state index in [1.165, 1.54) is 12.1 Å². The first-order valence-corrected chi connectivity index (χ1v) is 9.86. The summed E-state index contributed by atoms with van der Waals surface area (Å²) in [6.07, 6.45) is 1.88. The molecule has 0 aliphatic carbocycles. The van der Waals surface area contributed by atoms with Gasteiger partial charge in [-0.3, -0.25) is 4.79 Å². The summed E-state index contributed by atoms with van der Waals surface area (Å²) in [5.74, 6) is 0.482. The zero-order valence-electron chi connectivity index (χ0n) is 14.5. The van der Waals surface area contributed by atoms with Crippen LogP contribution in [-0.4, -0.2) is 44.4 Å². The molecule has 1 aliphatic heterocycles. The van der Waals surface area contributed by atoms with Gasteiger partial charge in [0, 0.05) is 30.7 Å². The van der Waals surface area contributed by atoms with E-state index < -0.39 is 10.0 Å². The number of carbonyl (C=O) groups is 1. The lowest BCUT2D eigenvalue weighted by Crippen LogP contribution is -2.49. The smallest absolute Gasteiger partial charge is 0.254 e. The van der Waals surface area contributed by atoms with Gasteiger partial charge in [0.05, 0.1) is 4.90 Å². The molecule has 1 aromatic rings. The van der Waals surface area contributed by atoms with Crippen molar-refractivity contribution in [1.82, 2.24) is 9.62 Å². The van der Waals surface area contributed by atoms with Gasteiger partial charge in [-0.05, 0) is 56.9 Å². The van der Waals surface area contributed by atoms with Crippen LogP contribution in [0.5, 0.6) is 0 Å². The first kappa shape index (κ1) is 18.9. The molecule has 0 aromatic heterocycles. The number of benzene rings is 1. The number of sulfonamides is 1. The summed E-state index contributed by atoms with van der Waals surface area (Å²) in [6.45, 7) is 6.84. The van der Waals surface area contributed by atoms with Gasteiger partial charge in [-0.1, -0.05) is 6.92 Å². The normalized spacial score (nSPS) is 22.0. The van der Waals surface area contributed by atoms with Crippen molar-refractivity contribution in [3.63, 3.8) is 0 Å². The van der Waals surface area contributed by atoms with Gasteiger partial charge in [0.25, 0.3) is 5.91 Å². The Kier molecular flexibility index (Phi) is 6.01. The molecule has 2 rings (SSSR count). The highest BCUT2D eigenvalue weighted by atomic mass is 32.2. The maximum atomic E-state index is 12.7. The molecule has 6 nitrogen and oxygen atoms in total. The Morgan fingerprint density at radius 3 is 2.50 bits per heavy atom. The van der Waals surface area contributed by atoms with Gasteiger partial charge in [0.15, 0.2) is 0 Å². The largest absolute Gasteiger partial charge is 0.334 e. The maximum Gasteiger partial charge on any atom is 0.254 e. The van der Waals surface area contributed by atoms with E-state index >= 15 is 0 Å². The average Bonchev–Trinajstić information content (AvgIpc) is 2.53. The molecular formula is C17H27N3O3S. The molecule has 134 valence electrons. The molecule has 0 radical (unpaired) electrons. The van der Waals surface area contributed by atoms with E-state index in [1.807, 2.05) is 4.90 Å². The van der Waals surface area contributed by atoms with Crippen LogP contribution in [0.4, 0.5) is 0 Å². The van der Waals surface area contributed by atoms with E-state index in [2.05, 4.69) is 11.6 Å². The van der Waals surface area contributed by atoms with Gasteiger partial charge in [-0.2, -0.15) is 0 Å². The van der Waals surface area contributed by atoms with Crippen LogP contribution in [0.3, 0.4) is 0 Å². The van der Waals surface area contributed by atoms with Crippen LogP contribution in [0.1, 0.15) is 44.0 Å². The first-order chi connectivity index (χ1) is 11.2. The number of amides is 1. The number of hydrogen-bond donors (Lipinski definition) is 2. The van der Waals surface area contributed by atoms with Crippen LogP contribution in [0.15, 0.2) is 29.2 Å². The van der Waals surface area contributed by atoms with Gasteiger partial charge in [0.2, 0.25) is 10.0 Å². The highest BCUT2D eigenvalue weighted by Gasteiger charge is 2.29. The lowest BCUT2D eigenvalue weighted by molar-refractivity contribution is 0.0573. The van der Waals surface area contributed by atoms with Crippen molar-refractivity contribution in [1.29, 1.82) is 0 Å². The predicted molar refractivity (Wildman–Crippen MR) is 94.2 cm³/mol. The number of carbonyl (C=O) groups excluding carboxylic acids is 1. The molecule has 7 heteroatoms. The third-order valence-electron chi connectivity index (χ3n) is 4.31. The second-order valence-electron chi connectivity index (χ2n) is 6.82. The van der Waals surface area contributed by atoms with Crippen LogP contribution >= 0.6 is 0 Å². The number of rotatable bonds is 5. The molecule has 3 N–H and O–H groups in total. The Labute approximate surface area is 144 Å². The minimum atomic E-state index is -3.54. The minimum absolute atomic E-state index is 0.0484. The van der Waals surface area contributed by atoms with Crippen LogP contribution < -0.4 is 10.5 Å². The molecule has 1 amide bonds. The van der Waals surface area contributed by atoms with Crippen LogP contribution in [0.25, 0.3) is 0 Å². The zero-order valence-corrected chi connectivity index (χ0v) is 15.3. The molecular weight excluding hydrogens is 326 g/mol. The SMILES string of the molecule is CC1CCN(C(=O)c2ccc(S(=O)(=O)NC(C)C)cc2)C(CN)C1. The quantitative estimate of drug-likeness (QED) is 0.840. The second kappa shape index (κ2) is 7.63. The Hall–Kier alpha value is -1.44. The van der Waals surface area contributed by atoms with Gasteiger partial charge < -0.3 is 10.6 Å². The highest BCUT2D eigenvalue weighted by molar-refractivity contribution is 7.89. The van der Waals surface area contributed by atoms with E-state index in [0.29, 0.717) is 24.6 Å². The van der Waals surface area contributed by atoms with Crippen molar-refractivity contribution >= 4 is 15.9 Å². The second-order valence-corrected chi connectivity index (χ2v) is 8.53. The summed E-state index contributed by atoms with van der Waals surface area (Å²) < 4.78 is 26.8. The molecule has 2 unspecified atom stereocenters. The number of nitrogens with zero attached hydrogens (tertiary/aromatic N) is 1. The third-order valence-corrected chi connectivity index (χ3v) is 5.99. The Morgan fingerprint density at radius 1 is 1.33 bits per heavy atom. The standard InChI is InChI=1S/C17H27N3O3S/c1-12(2)19-24(22,23)16-6-4-14(5-7-16)17(21)20-9-8-13(3)10-15(20)11-18/h4-7,12-13,15,19H,8-11,18H2,1-3H3. The minimum Gasteiger partial charge on any atom is -0.334 e. The van der Waals surface area contributed by atoms with E-state index in [0.717, 1.165) is 12.8 Å². The Bertz CT molecular complexity index is 671. The lowest BCUT2D eigenvalue weighted by atomic mass is 9.92. The number of piperidine rings is 1. The fourth-order valence-electron chi connectivity index (χ4n) is 3.06. The van der Waals surface area contributed by atoms with Crippen LogP contribution in [-0.2, 0) is 10.0 Å². The fraction of sp³-hybridized carbons (Fsp3) is 0.588. The number of hydrogen-bond acceptors (Lipinski definition) is 4. The summed E-state index contributed by atoms with van der Waals surface area (Å²) in [5, 5.41) is 0. The Balaban J connectivity index is 2.17. The molecule has 1 aliphatic rings. The van der Waals surface area contributed by atoms with E-state index in [9.17, 15) is 13.2 Å². The lowest BCUT2D eigenvalue weighted by Gasteiger charge is -2.38. The fourth-order valence-corrected chi connectivity index (χ4v) is 4.31. The topological polar surface area (TPSA) is 92.5 Å². The van der Waals surface area contributed by atoms with Crippen molar-refractivity contribution in [2.24, 2.45) is 11.7 Å². The molecule has 1 heterocycles. The van der Waals surface area contributed by atoms with E-state index in [1.54, 1.807) is 26.0 Å². The van der Waals surface area contributed by atoms with E-state index in [4.69, 9.17) is 5.73 Å². The Morgan fingerprint density at radius 2 is 1.96 bits per heavy atom. The summed E-state index contributed by atoms with van der Waals surface area (Å²) in [6, 6.07) is 5.96. The summed E-state index contributed by atoms with van der Waals surface area (Å²) in [7, 11) is -3.54. The molecule has 1 fully saturated rings. The van der Waals surface area contributed by atoms with Gasteiger partial charge >= 0.3 is 0 Å². The average molecular weight is 353 g/mol. The number of nitrogens with one attached hydrogen (secondary N) is 1. The van der Waals surface area contributed by atoms with E-state index in [-0.39, 0.29) is 22.9 Å². The van der Waals surface area contributed by atoms with Crippen molar-refractivity contribution in [3.8, 4) is 0 Å². The van der Waals surface area contributed by atoms with Gasteiger partial charge in [-0.25, -0.2) is 13.1 Å². The molecule has 0 bridgehead atoms. The molecule has 0 spiro atoms. The van der Waals surface area contributed by atoms with Crippen LogP contribution in [0.2, 0.25) is 0 Å². The van der Waals surface area contributed by atoms with Gasteiger partial charge in [-0.15, -0.1) is 0 Å². The van der Waals surface area contributed by atoms with Crippen molar-refractivity contribution in [3.05, 3.63) is 29.8 Å². The number of likely N-dealkylation sites (tertiary alicyclic amines) is 1. The van der Waals surface area contributed by atoms with Crippen molar-refractivity contribution in [2.45, 2.75) is 50.6 Å². The molecule has 1 saturated heterocycles. The predicted octanol–water partition coefficient (Wildman–Crippen LogP) is 1.57. The molecule has 24 heavy (non-hydrogen) atoms. The summed E-state index contributed by atoms with van der Waals surface area (Å²) in [5.41, 5.74) is 6.31. The molecule has 2 atom stereocenters. The van der Waals surface area contributed by atoms with Crippen LogP contribution in [0, 0.1) is 5.92 Å². The summed E-state index contributed by atoms with van der Waals surface area (Å²) >= 11 is 0. The monoisotopic (exact) mass is 353 g/mol. The highest BCUT2D eigenvalue weighted by Crippen LogP contribution is 2.24. The third kappa shape index (κ3) is 4.34. The zero-order chi connectivity index (χ0) is 17.9. The van der Waals surface area contributed by atoms with Gasteiger partial charge in [0.1, 0.15) is 0 Å². The number of nitrogens with two attached hydrogens (primary N) is 1. The first-order valence-electron chi connectivity index (χ1n) is 8.38. The maximum absolute atomic E-state index is 12.7. The molecule has 1 aromatic carbocycles. The summed E-state index contributed by atoms with van der Waals surface area (Å²) in [4.78, 5) is 14.7. The van der Waals surface area contributed by atoms with Crippen molar-refractivity contribution < 1.29 is 13.2 Å². The van der Waals surface area contributed by atoms with Crippen molar-refractivity contribution in [2.75, 3.05) is 13.1 Å². The molecule has 0 saturated carbocycles.